The predicted octanol–water partition coefficient (Wildman–Crippen LogP) is 4.48. The van der Waals surface area contributed by atoms with E-state index >= 15 is 0 Å². The lowest BCUT2D eigenvalue weighted by Crippen LogP contribution is -2.30. The molecule has 6 heteroatoms. The van der Waals surface area contributed by atoms with Crippen LogP contribution in [0.25, 0.3) is 5.76 Å². The lowest BCUT2D eigenvalue weighted by Gasteiger charge is -2.25. The monoisotopic (exact) mass is 408 g/mol. The minimum absolute atomic E-state index is 0.0320. The first-order valence-electron chi connectivity index (χ1n) is 10.4. The Bertz CT molecular complexity index is 920. The molecule has 0 aliphatic carbocycles. The van der Waals surface area contributed by atoms with Gasteiger partial charge in [-0.2, -0.15) is 0 Å². The van der Waals surface area contributed by atoms with Crippen molar-refractivity contribution >= 4 is 17.4 Å². The molecule has 1 amide bonds. The second-order valence-electron chi connectivity index (χ2n) is 7.67. The van der Waals surface area contributed by atoms with Gasteiger partial charge in [-0.05, 0) is 62.2 Å². The molecule has 1 aliphatic heterocycles. The van der Waals surface area contributed by atoms with Crippen LogP contribution in [0.4, 0.5) is 0 Å². The first-order valence-corrected chi connectivity index (χ1v) is 10.4. The average molecular weight is 408 g/mol. The first-order chi connectivity index (χ1) is 14.4. The summed E-state index contributed by atoms with van der Waals surface area (Å²) in [5.74, 6) is -0.737. The van der Waals surface area contributed by atoms with Crippen molar-refractivity contribution in [2.45, 2.75) is 52.2 Å². The third kappa shape index (κ3) is 4.53. The maximum atomic E-state index is 12.9. The summed E-state index contributed by atoms with van der Waals surface area (Å²) in [6.45, 7) is 6.41. The van der Waals surface area contributed by atoms with Crippen molar-refractivity contribution in [2.24, 2.45) is 0 Å². The molecule has 2 heterocycles. The Labute approximate surface area is 177 Å². The van der Waals surface area contributed by atoms with Gasteiger partial charge in [-0.15, -0.1) is 0 Å². The molecule has 0 radical (unpaired) electrons. The van der Waals surface area contributed by atoms with Crippen LogP contribution in [0.3, 0.4) is 0 Å². The number of hydrogen-bond acceptors (Lipinski definition) is 5. The van der Waals surface area contributed by atoms with Gasteiger partial charge in [0.05, 0.1) is 17.7 Å². The Hall–Kier alpha value is -3.15. The van der Waals surface area contributed by atoms with Crippen LogP contribution in [0.2, 0.25) is 0 Å². The average Bonchev–Trinajstić information content (AvgIpc) is 2.99. The highest BCUT2D eigenvalue weighted by Gasteiger charge is 2.45. The number of carbonyl (C=O) groups excluding carboxylic acids is 2. The minimum Gasteiger partial charge on any atom is -0.507 e. The number of aliphatic hydroxyl groups excluding tert-OH is 1. The van der Waals surface area contributed by atoms with Crippen LogP contribution in [-0.4, -0.2) is 39.3 Å². The number of nitrogens with zero attached hydrogens (tertiary/aromatic N) is 2. The van der Waals surface area contributed by atoms with Gasteiger partial charge < -0.3 is 14.7 Å². The Kier molecular flexibility index (Phi) is 6.87. The van der Waals surface area contributed by atoms with Crippen molar-refractivity contribution < 1.29 is 19.4 Å². The predicted molar refractivity (Wildman–Crippen MR) is 115 cm³/mol. The molecule has 1 fully saturated rings. The van der Waals surface area contributed by atoms with E-state index in [-0.39, 0.29) is 17.4 Å². The molecule has 1 saturated heterocycles. The number of amides is 1. The Morgan fingerprint density at radius 3 is 2.37 bits per heavy atom. The van der Waals surface area contributed by atoms with Crippen molar-refractivity contribution in [3.05, 3.63) is 65.5 Å². The van der Waals surface area contributed by atoms with Crippen LogP contribution in [-0.2, 0) is 9.59 Å². The van der Waals surface area contributed by atoms with Gasteiger partial charge in [-0.3, -0.25) is 14.6 Å². The van der Waals surface area contributed by atoms with Crippen LogP contribution in [0.15, 0.2) is 54.4 Å². The zero-order chi connectivity index (χ0) is 21.7. The molecule has 2 aromatic rings. The largest absolute Gasteiger partial charge is 0.507 e. The van der Waals surface area contributed by atoms with Gasteiger partial charge in [-0.1, -0.05) is 19.8 Å². The number of aliphatic hydroxyl groups is 1. The fourth-order valence-corrected chi connectivity index (χ4v) is 3.65. The molecule has 158 valence electrons. The van der Waals surface area contributed by atoms with E-state index in [9.17, 15) is 14.7 Å². The van der Waals surface area contributed by atoms with Crippen molar-refractivity contribution in [1.82, 2.24) is 9.88 Å². The van der Waals surface area contributed by atoms with E-state index in [1.54, 1.807) is 53.7 Å². The third-order valence-corrected chi connectivity index (χ3v) is 5.06. The van der Waals surface area contributed by atoms with E-state index in [1.807, 2.05) is 13.8 Å². The highest BCUT2D eigenvalue weighted by atomic mass is 16.5. The molecule has 1 unspecified atom stereocenters. The number of aromatic nitrogens is 1. The summed E-state index contributed by atoms with van der Waals surface area (Å²) in [5, 5.41) is 11.0. The van der Waals surface area contributed by atoms with Gasteiger partial charge in [0.25, 0.3) is 11.7 Å². The molecule has 0 bridgehead atoms. The summed E-state index contributed by atoms with van der Waals surface area (Å²) >= 11 is 0. The number of carbonyl (C=O) groups is 2. The Balaban J connectivity index is 2.02. The van der Waals surface area contributed by atoms with Gasteiger partial charge in [-0.25, -0.2) is 0 Å². The molecule has 0 spiro atoms. The summed E-state index contributed by atoms with van der Waals surface area (Å²) in [6.07, 6.45) is 6.05. The van der Waals surface area contributed by atoms with E-state index in [2.05, 4.69) is 11.9 Å². The standard InChI is InChI=1S/C24H28N2O4/c1-4-5-6-15-26-21(17-11-13-25-14-12-17)20(23(28)24(26)29)22(27)18-7-9-19(10-8-18)30-16(2)3/h7-14,16,21,27H,4-6,15H2,1-3H3/b22-20-. The zero-order valence-corrected chi connectivity index (χ0v) is 17.7. The lowest BCUT2D eigenvalue weighted by atomic mass is 9.96. The molecule has 1 aromatic carbocycles. The van der Waals surface area contributed by atoms with E-state index in [4.69, 9.17) is 4.74 Å². The smallest absolute Gasteiger partial charge is 0.295 e. The van der Waals surface area contributed by atoms with E-state index in [1.165, 1.54) is 0 Å². The summed E-state index contributed by atoms with van der Waals surface area (Å²) in [6, 6.07) is 9.80. The van der Waals surface area contributed by atoms with Gasteiger partial charge >= 0.3 is 0 Å². The van der Waals surface area contributed by atoms with Crippen LogP contribution < -0.4 is 4.74 Å². The number of pyridine rings is 1. The van der Waals surface area contributed by atoms with Crippen molar-refractivity contribution in [2.75, 3.05) is 6.54 Å². The number of ether oxygens (including phenoxy) is 1. The molecule has 6 nitrogen and oxygen atoms in total. The second-order valence-corrected chi connectivity index (χ2v) is 7.67. The number of rotatable bonds is 8. The van der Waals surface area contributed by atoms with E-state index < -0.39 is 17.7 Å². The fraction of sp³-hybridized carbons (Fsp3) is 0.375. The van der Waals surface area contributed by atoms with Gasteiger partial charge in [0, 0.05) is 24.5 Å². The quantitative estimate of drug-likeness (QED) is 0.301. The second kappa shape index (κ2) is 9.57. The van der Waals surface area contributed by atoms with Crippen LogP contribution in [0.5, 0.6) is 5.75 Å². The molecule has 1 aromatic heterocycles. The van der Waals surface area contributed by atoms with E-state index in [0.29, 0.717) is 17.9 Å². The van der Waals surface area contributed by atoms with Crippen LogP contribution in [0, 0.1) is 0 Å². The van der Waals surface area contributed by atoms with Crippen molar-refractivity contribution in [1.29, 1.82) is 0 Å². The van der Waals surface area contributed by atoms with Crippen LogP contribution >= 0.6 is 0 Å². The molecular weight excluding hydrogens is 380 g/mol. The van der Waals surface area contributed by atoms with Crippen molar-refractivity contribution in [3.8, 4) is 5.75 Å². The molecule has 3 rings (SSSR count). The number of benzene rings is 1. The number of likely N-dealkylation sites (tertiary alicyclic amines) is 1. The highest BCUT2D eigenvalue weighted by molar-refractivity contribution is 6.46. The van der Waals surface area contributed by atoms with Gasteiger partial charge in [0.15, 0.2) is 0 Å². The maximum absolute atomic E-state index is 12.9. The molecule has 30 heavy (non-hydrogen) atoms. The Morgan fingerprint density at radius 2 is 1.77 bits per heavy atom. The SMILES string of the molecule is CCCCCN1C(=O)C(=O)/C(=C(\O)c2ccc(OC(C)C)cc2)C1c1ccncc1. The Morgan fingerprint density at radius 1 is 1.10 bits per heavy atom. The highest BCUT2D eigenvalue weighted by Crippen LogP contribution is 2.39. The molecule has 1 N–H and O–H groups in total. The minimum atomic E-state index is -0.659. The molecule has 1 atom stereocenters. The van der Waals surface area contributed by atoms with E-state index in [0.717, 1.165) is 24.8 Å². The summed E-state index contributed by atoms with van der Waals surface area (Å²) < 4.78 is 5.64. The summed E-state index contributed by atoms with van der Waals surface area (Å²) in [5.41, 5.74) is 1.33. The number of Topliss-reactive ketones (excluding diaryl/α,β-unsaturated/α-hetero) is 1. The fourth-order valence-electron chi connectivity index (χ4n) is 3.65. The van der Waals surface area contributed by atoms with Crippen molar-refractivity contribution in [3.63, 3.8) is 0 Å². The third-order valence-electron chi connectivity index (χ3n) is 5.06. The molecule has 1 aliphatic rings. The number of unbranched alkanes of at least 4 members (excludes halogenated alkanes) is 2. The van der Waals surface area contributed by atoms with Gasteiger partial charge in [0.2, 0.25) is 0 Å². The zero-order valence-electron chi connectivity index (χ0n) is 17.7. The number of ketones is 1. The topological polar surface area (TPSA) is 79.7 Å². The van der Waals surface area contributed by atoms with Crippen LogP contribution in [0.1, 0.15) is 57.2 Å². The molecular formula is C24H28N2O4. The normalized spacial score (nSPS) is 18.3. The van der Waals surface area contributed by atoms with Gasteiger partial charge in [0.1, 0.15) is 11.5 Å². The maximum Gasteiger partial charge on any atom is 0.295 e. The first kappa shape index (κ1) is 21.6. The summed E-state index contributed by atoms with van der Waals surface area (Å²) in [4.78, 5) is 31.3. The molecule has 0 saturated carbocycles. The lowest BCUT2D eigenvalue weighted by molar-refractivity contribution is -0.139. The number of hydrogen-bond donors (Lipinski definition) is 1. The summed E-state index contributed by atoms with van der Waals surface area (Å²) in [7, 11) is 0.